The zero-order valence-electron chi connectivity index (χ0n) is 19.7. The average molecular weight is 488 g/mol. The van der Waals surface area contributed by atoms with E-state index in [0.717, 1.165) is 35.3 Å². The van der Waals surface area contributed by atoms with Crippen LogP contribution in [0.1, 0.15) is 30.3 Å². The summed E-state index contributed by atoms with van der Waals surface area (Å²) in [7, 11) is -3.72. The zero-order valence-corrected chi connectivity index (χ0v) is 20.5. The Morgan fingerprint density at radius 1 is 0.971 bits per heavy atom. The van der Waals surface area contributed by atoms with Gasteiger partial charge < -0.3 is 4.74 Å². The third-order valence-corrected chi connectivity index (χ3v) is 7.22. The van der Waals surface area contributed by atoms with Crippen LogP contribution in [0.2, 0.25) is 0 Å². The summed E-state index contributed by atoms with van der Waals surface area (Å²) in [6, 6.07) is 19.8. The second kappa shape index (κ2) is 8.99. The fraction of sp³-hybridized carbons (Fsp3) is 0.192. The summed E-state index contributed by atoms with van der Waals surface area (Å²) in [5.41, 5.74) is 4.22. The van der Waals surface area contributed by atoms with Gasteiger partial charge >= 0.3 is 0 Å². The van der Waals surface area contributed by atoms with Crippen molar-refractivity contribution in [2.24, 2.45) is 0 Å². The smallest absolute Gasteiger partial charge is 0.266 e. The lowest BCUT2D eigenvalue weighted by Crippen LogP contribution is -2.14. The lowest BCUT2D eigenvalue weighted by molar-refractivity contribution is 0.467. The standard InChI is InChI=1S/C26H25N5O3S/c1-4-7-24-28-29-25-26(27-21-8-5-6-9-22(21)31(24)25)34-20-14-12-19(13-15-20)30-35(32,33)23-16-17(2)10-11-18(23)3/h5-6,8-16,30H,4,7H2,1-3H3. The first-order valence-electron chi connectivity index (χ1n) is 11.4. The summed E-state index contributed by atoms with van der Waals surface area (Å²) in [6.45, 7) is 5.74. The molecule has 178 valence electrons. The number of aryl methyl sites for hydroxylation is 3. The third kappa shape index (κ3) is 4.42. The van der Waals surface area contributed by atoms with Crippen molar-refractivity contribution in [2.75, 3.05) is 4.72 Å². The van der Waals surface area contributed by atoms with Crippen LogP contribution in [0.5, 0.6) is 11.6 Å². The molecule has 0 aliphatic heterocycles. The summed E-state index contributed by atoms with van der Waals surface area (Å²) >= 11 is 0. The first-order valence-corrected chi connectivity index (χ1v) is 12.8. The lowest BCUT2D eigenvalue weighted by Gasteiger charge is -2.12. The van der Waals surface area contributed by atoms with Crippen LogP contribution in [0.15, 0.2) is 71.6 Å². The number of hydrogen-bond acceptors (Lipinski definition) is 6. The molecule has 0 aliphatic carbocycles. The molecule has 0 saturated heterocycles. The number of fused-ring (bicyclic) bond motifs is 3. The Bertz CT molecular complexity index is 1640. The Morgan fingerprint density at radius 3 is 2.51 bits per heavy atom. The summed E-state index contributed by atoms with van der Waals surface area (Å²) in [6.07, 6.45) is 1.72. The van der Waals surface area contributed by atoms with Gasteiger partial charge in [0.15, 0.2) is 0 Å². The van der Waals surface area contributed by atoms with Gasteiger partial charge in [-0.05, 0) is 73.9 Å². The quantitative estimate of drug-likeness (QED) is 0.328. The Balaban J connectivity index is 1.45. The molecular weight excluding hydrogens is 462 g/mol. The lowest BCUT2D eigenvalue weighted by atomic mass is 10.2. The molecule has 35 heavy (non-hydrogen) atoms. The molecular formula is C26H25N5O3S. The Hall–Kier alpha value is -3.98. The van der Waals surface area contributed by atoms with Crippen LogP contribution in [0, 0.1) is 13.8 Å². The van der Waals surface area contributed by atoms with Crippen LogP contribution < -0.4 is 9.46 Å². The topological polar surface area (TPSA) is 98.5 Å². The van der Waals surface area contributed by atoms with Crippen molar-refractivity contribution in [1.29, 1.82) is 0 Å². The van der Waals surface area contributed by atoms with E-state index in [1.807, 2.05) is 41.7 Å². The van der Waals surface area contributed by atoms with E-state index in [9.17, 15) is 8.42 Å². The molecule has 3 aromatic carbocycles. The summed E-state index contributed by atoms with van der Waals surface area (Å²) in [5, 5.41) is 8.68. The number of rotatable bonds is 7. The Morgan fingerprint density at radius 2 is 1.74 bits per heavy atom. The summed E-state index contributed by atoms with van der Waals surface area (Å²) < 4.78 is 36.5. The highest BCUT2D eigenvalue weighted by Gasteiger charge is 2.18. The average Bonchev–Trinajstić information content (AvgIpc) is 3.26. The van der Waals surface area contributed by atoms with Crippen molar-refractivity contribution in [2.45, 2.75) is 38.5 Å². The number of aromatic nitrogens is 4. The van der Waals surface area contributed by atoms with E-state index in [1.54, 1.807) is 43.3 Å². The fourth-order valence-corrected chi connectivity index (χ4v) is 5.37. The van der Waals surface area contributed by atoms with Gasteiger partial charge in [-0.15, -0.1) is 10.2 Å². The Labute approximate surface area is 203 Å². The predicted octanol–water partition coefficient (Wildman–Crippen LogP) is 5.44. The summed E-state index contributed by atoms with van der Waals surface area (Å²) in [5.74, 6) is 1.69. The highest BCUT2D eigenvalue weighted by molar-refractivity contribution is 7.92. The monoisotopic (exact) mass is 487 g/mol. The molecule has 0 atom stereocenters. The van der Waals surface area contributed by atoms with E-state index in [4.69, 9.17) is 4.74 Å². The molecule has 0 spiro atoms. The molecule has 0 radical (unpaired) electrons. The number of anilines is 1. The maximum atomic E-state index is 12.9. The van der Waals surface area contributed by atoms with E-state index in [1.165, 1.54) is 0 Å². The van der Waals surface area contributed by atoms with E-state index in [0.29, 0.717) is 28.5 Å². The predicted molar refractivity (Wildman–Crippen MR) is 136 cm³/mol. The number of nitrogens with one attached hydrogen (secondary N) is 1. The largest absolute Gasteiger partial charge is 0.436 e. The van der Waals surface area contributed by atoms with Gasteiger partial charge in [-0.25, -0.2) is 13.4 Å². The van der Waals surface area contributed by atoms with Crippen molar-refractivity contribution >= 4 is 32.4 Å². The molecule has 5 rings (SSSR count). The van der Waals surface area contributed by atoms with Crippen molar-refractivity contribution in [1.82, 2.24) is 19.6 Å². The molecule has 5 aromatic rings. The van der Waals surface area contributed by atoms with Crippen LogP contribution in [0.3, 0.4) is 0 Å². The Kier molecular flexibility index (Phi) is 5.86. The minimum absolute atomic E-state index is 0.260. The van der Waals surface area contributed by atoms with E-state index < -0.39 is 10.0 Å². The number of ether oxygens (including phenoxy) is 1. The number of nitrogens with zero attached hydrogens (tertiary/aromatic N) is 4. The summed E-state index contributed by atoms with van der Waals surface area (Å²) in [4.78, 5) is 4.91. The molecule has 2 aromatic heterocycles. The SMILES string of the molecule is CCCc1nnc2c(Oc3ccc(NS(=O)(=O)c4cc(C)ccc4C)cc3)nc3ccccc3n12. The zero-order chi connectivity index (χ0) is 24.6. The van der Waals surface area contributed by atoms with E-state index in [2.05, 4.69) is 26.8 Å². The number of sulfonamides is 1. The molecule has 9 heteroatoms. The second-order valence-electron chi connectivity index (χ2n) is 8.43. The van der Waals surface area contributed by atoms with Crippen molar-refractivity contribution < 1.29 is 13.2 Å². The highest BCUT2D eigenvalue weighted by atomic mass is 32.2. The normalized spacial score (nSPS) is 11.7. The van der Waals surface area contributed by atoms with Crippen LogP contribution in [0.4, 0.5) is 5.69 Å². The van der Waals surface area contributed by atoms with E-state index in [-0.39, 0.29) is 4.90 Å². The first kappa shape index (κ1) is 22.8. The third-order valence-electron chi connectivity index (χ3n) is 5.69. The molecule has 2 heterocycles. The maximum absolute atomic E-state index is 12.9. The van der Waals surface area contributed by atoms with E-state index >= 15 is 0 Å². The minimum atomic E-state index is -3.72. The molecule has 0 fully saturated rings. The highest BCUT2D eigenvalue weighted by Crippen LogP contribution is 2.29. The number of para-hydroxylation sites is 2. The van der Waals surface area contributed by atoms with Gasteiger partial charge in [0.1, 0.15) is 11.6 Å². The van der Waals surface area contributed by atoms with Crippen LogP contribution in [0.25, 0.3) is 16.7 Å². The van der Waals surface area contributed by atoms with Crippen LogP contribution >= 0.6 is 0 Å². The number of benzene rings is 3. The van der Waals surface area contributed by atoms with Gasteiger partial charge in [0.25, 0.3) is 15.9 Å². The molecule has 0 bridgehead atoms. The molecule has 0 amide bonds. The van der Waals surface area contributed by atoms with Crippen molar-refractivity contribution in [3.8, 4) is 11.6 Å². The van der Waals surface area contributed by atoms with Gasteiger partial charge in [-0.2, -0.15) is 0 Å². The first-order chi connectivity index (χ1) is 16.9. The van der Waals surface area contributed by atoms with Crippen LogP contribution in [-0.2, 0) is 16.4 Å². The van der Waals surface area contributed by atoms with Gasteiger partial charge in [0, 0.05) is 12.1 Å². The van der Waals surface area contributed by atoms with Gasteiger partial charge in [0.05, 0.1) is 15.9 Å². The maximum Gasteiger partial charge on any atom is 0.266 e. The van der Waals surface area contributed by atoms with Gasteiger partial charge in [-0.3, -0.25) is 9.12 Å². The van der Waals surface area contributed by atoms with Crippen molar-refractivity contribution in [3.63, 3.8) is 0 Å². The van der Waals surface area contributed by atoms with Gasteiger partial charge in [-0.1, -0.05) is 31.2 Å². The number of hydrogen-bond donors (Lipinski definition) is 1. The molecule has 0 aliphatic rings. The molecule has 8 nitrogen and oxygen atoms in total. The molecule has 0 unspecified atom stereocenters. The molecule has 0 saturated carbocycles. The van der Waals surface area contributed by atoms with Gasteiger partial charge in [0.2, 0.25) is 5.65 Å². The van der Waals surface area contributed by atoms with Crippen molar-refractivity contribution in [3.05, 3.63) is 83.7 Å². The fourth-order valence-electron chi connectivity index (χ4n) is 3.98. The minimum Gasteiger partial charge on any atom is -0.436 e. The second-order valence-corrected chi connectivity index (χ2v) is 10.1. The van der Waals surface area contributed by atoms with Crippen LogP contribution in [-0.4, -0.2) is 28.0 Å². The molecule has 1 N–H and O–H groups in total.